The van der Waals surface area contributed by atoms with Crippen molar-refractivity contribution in [2.45, 2.75) is 18.2 Å². The van der Waals surface area contributed by atoms with E-state index in [4.69, 9.17) is 9.47 Å². The molecule has 0 aliphatic rings. The summed E-state index contributed by atoms with van der Waals surface area (Å²) >= 11 is 3.77. The van der Waals surface area contributed by atoms with Crippen molar-refractivity contribution in [3.05, 3.63) is 59.2 Å². The van der Waals surface area contributed by atoms with Crippen molar-refractivity contribution in [2.24, 2.45) is 0 Å². The van der Waals surface area contributed by atoms with Crippen molar-refractivity contribution in [3.63, 3.8) is 0 Å². The van der Waals surface area contributed by atoms with Crippen LogP contribution < -0.4 is 9.47 Å². The minimum absolute atomic E-state index is 0.292. The second kappa shape index (κ2) is 6.80. The van der Waals surface area contributed by atoms with Gasteiger partial charge in [-0.25, -0.2) is 0 Å². The zero-order valence-corrected chi connectivity index (χ0v) is 13.6. The predicted molar refractivity (Wildman–Crippen MR) is 86.1 cm³/mol. The molecule has 1 unspecified atom stereocenters. The summed E-state index contributed by atoms with van der Waals surface area (Å²) in [5, 5.41) is 0. The van der Waals surface area contributed by atoms with Crippen LogP contribution in [0.3, 0.4) is 0 Å². The average molecular weight is 335 g/mol. The predicted octanol–water partition coefficient (Wildman–Crippen LogP) is 4.69. The lowest BCUT2D eigenvalue weighted by Gasteiger charge is -2.13. The SMILES string of the molecule is COc1ccc(CC(Br)c2cccc(C)c2)cc1OC. The van der Waals surface area contributed by atoms with Gasteiger partial charge in [0, 0.05) is 4.83 Å². The van der Waals surface area contributed by atoms with Crippen LogP contribution in [0.25, 0.3) is 0 Å². The number of hydrogen-bond donors (Lipinski definition) is 0. The molecule has 0 aromatic heterocycles. The lowest BCUT2D eigenvalue weighted by atomic mass is 10.0. The van der Waals surface area contributed by atoms with E-state index in [-0.39, 0.29) is 0 Å². The lowest BCUT2D eigenvalue weighted by Crippen LogP contribution is -1.97. The van der Waals surface area contributed by atoms with Gasteiger partial charge < -0.3 is 9.47 Å². The summed E-state index contributed by atoms with van der Waals surface area (Å²) in [4.78, 5) is 0.292. The van der Waals surface area contributed by atoms with Gasteiger partial charge in [0.1, 0.15) is 0 Å². The van der Waals surface area contributed by atoms with Crippen LogP contribution in [0, 0.1) is 6.92 Å². The smallest absolute Gasteiger partial charge is 0.160 e. The summed E-state index contributed by atoms with van der Waals surface area (Å²) in [7, 11) is 3.31. The fourth-order valence-electron chi connectivity index (χ4n) is 2.20. The van der Waals surface area contributed by atoms with Crippen LogP contribution in [0.1, 0.15) is 21.5 Å². The van der Waals surface area contributed by atoms with Crippen LogP contribution in [-0.4, -0.2) is 14.2 Å². The molecule has 2 rings (SSSR count). The van der Waals surface area contributed by atoms with Gasteiger partial charge in [0.15, 0.2) is 11.5 Å². The van der Waals surface area contributed by atoms with Gasteiger partial charge in [0.05, 0.1) is 14.2 Å². The molecular formula is C17H19BrO2. The number of ether oxygens (including phenoxy) is 2. The molecule has 2 aromatic carbocycles. The molecular weight excluding hydrogens is 316 g/mol. The highest BCUT2D eigenvalue weighted by Gasteiger charge is 2.11. The van der Waals surface area contributed by atoms with Gasteiger partial charge in [-0.15, -0.1) is 0 Å². The van der Waals surface area contributed by atoms with Crippen LogP contribution in [-0.2, 0) is 6.42 Å². The van der Waals surface area contributed by atoms with Gasteiger partial charge in [0.25, 0.3) is 0 Å². The highest BCUT2D eigenvalue weighted by atomic mass is 79.9. The van der Waals surface area contributed by atoms with Crippen LogP contribution in [0.5, 0.6) is 11.5 Å². The maximum Gasteiger partial charge on any atom is 0.160 e. The van der Waals surface area contributed by atoms with E-state index in [0.29, 0.717) is 4.83 Å². The van der Waals surface area contributed by atoms with Crippen molar-refractivity contribution in [1.29, 1.82) is 0 Å². The Bertz CT molecular complexity index is 581. The number of rotatable bonds is 5. The molecule has 0 bridgehead atoms. The molecule has 0 aliphatic carbocycles. The number of aryl methyl sites for hydroxylation is 1. The molecule has 3 heteroatoms. The Labute approximate surface area is 128 Å². The number of benzene rings is 2. The second-order valence-corrected chi connectivity index (χ2v) is 5.88. The maximum atomic E-state index is 5.34. The summed E-state index contributed by atoms with van der Waals surface area (Å²) in [5.41, 5.74) is 3.78. The van der Waals surface area contributed by atoms with Gasteiger partial charge in [-0.2, -0.15) is 0 Å². The van der Waals surface area contributed by atoms with Crippen molar-refractivity contribution in [3.8, 4) is 11.5 Å². The molecule has 0 radical (unpaired) electrons. The molecule has 0 saturated carbocycles. The zero-order chi connectivity index (χ0) is 14.5. The van der Waals surface area contributed by atoms with Crippen LogP contribution in [0.2, 0.25) is 0 Å². The molecule has 1 atom stereocenters. The fourth-order valence-corrected chi connectivity index (χ4v) is 2.86. The highest BCUT2D eigenvalue weighted by Crippen LogP contribution is 2.32. The van der Waals surface area contributed by atoms with E-state index in [1.165, 1.54) is 16.7 Å². The first kappa shape index (κ1) is 14.9. The minimum Gasteiger partial charge on any atom is -0.493 e. The molecule has 0 amide bonds. The molecule has 0 spiro atoms. The van der Waals surface area contributed by atoms with Crippen molar-refractivity contribution in [1.82, 2.24) is 0 Å². The maximum absolute atomic E-state index is 5.34. The first-order chi connectivity index (χ1) is 9.63. The first-order valence-electron chi connectivity index (χ1n) is 6.55. The Balaban J connectivity index is 2.17. The van der Waals surface area contributed by atoms with E-state index in [1.54, 1.807) is 14.2 Å². The Morgan fingerprint density at radius 2 is 1.75 bits per heavy atom. The van der Waals surface area contributed by atoms with Gasteiger partial charge in [-0.1, -0.05) is 51.8 Å². The third kappa shape index (κ3) is 3.54. The summed E-state index contributed by atoms with van der Waals surface area (Å²) in [5.74, 6) is 1.53. The van der Waals surface area contributed by atoms with E-state index in [1.807, 2.05) is 12.1 Å². The Morgan fingerprint density at radius 1 is 1.00 bits per heavy atom. The Kier molecular flexibility index (Phi) is 5.07. The molecule has 106 valence electrons. The lowest BCUT2D eigenvalue weighted by molar-refractivity contribution is 0.354. The highest BCUT2D eigenvalue weighted by molar-refractivity contribution is 9.09. The average Bonchev–Trinajstić information content (AvgIpc) is 2.47. The molecule has 0 heterocycles. The summed E-state index contributed by atoms with van der Waals surface area (Å²) < 4.78 is 10.6. The molecule has 2 aromatic rings. The van der Waals surface area contributed by atoms with Crippen molar-refractivity contribution >= 4 is 15.9 Å². The number of methoxy groups -OCH3 is 2. The van der Waals surface area contributed by atoms with Gasteiger partial charge in [-0.3, -0.25) is 0 Å². The molecule has 2 nitrogen and oxygen atoms in total. The van der Waals surface area contributed by atoms with Crippen LogP contribution >= 0.6 is 15.9 Å². The Morgan fingerprint density at radius 3 is 2.40 bits per heavy atom. The third-order valence-electron chi connectivity index (χ3n) is 3.27. The second-order valence-electron chi connectivity index (χ2n) is 4.78. The number of alkyl halides is 1. The van der Waals surface area contributed by atoms with Gasteiger partial charge in [0.2, 0.25) is 0 Å². The van der Waals surface area contributed by atoms with E-state index in [0.717, 1.165) is 17.9 Å². The van der Waals surface area contributed by atoms with Crippen molar-refractivity contribution < 1.29 is 9.47 Å². The zero-order valence-electron chi connectivity index (χ0n) is 12.0. The van der Waals surface area contributed by atoms with E-state index in [2.05, 4.69) is 53.2 Å². The summed E-state index contributed by atoms with van der Waals surface area (Å²) in [6.07, 6.45) is 0.907. The van der Waals surface area contributed by atoms with E-state index < -0.39 is 0 Å². The molecule has 0 aliphatic heterocycles. The van der Waals surface area contributed by atoms with E-state index >= 15 is 0 Å². The normalized spacial score (nSPS) is 12.0. The molecule has 0 saturated heterocycles. The van der Waals surface area contributed by atoms with Gasteiger partial charge >= 0.3 is 0 Å². The Hall–Kier alpha value is -1.48. The quantitative estimate of drug-likeness (QED) is 0.738. The topological polar surface area (TPSA) is 18.5 Å². The summed E-state index contributed by atoms with van der Waals surface area (Å²) in [6, 6.07) is 14.6. The number of halogens is 1. The van der Waals surface area contributed by atoms with E-state index in [9.17, 15) is 0 Å². The van der Waals surface area contributed by atoms with Crippen LogP contribution in [0.4, 0.5) is 0 Å². The largest absolute Gasteiger partial charge is 0.493 e. The van der Waals surface area contributed by atoms with Crippen molar-refractivity contribution in [2.75, 3.05) is 14.2 Å². The molecule has 0 N–H and O–H groups in total. The number of hydrogen-bond acceptors (Lipinski definition) is 2. The summed E-state index contributed by atoms with van der Waals surface area (Å²) in [6.45, 7) is 2.11. The monoisotopic (exact) mass is 334 g/mol. The minimum atomic E-state index is 0.292. The fraction of sp³-hybridized carbons (Fsp3) is 0.294. The van der Waals surface area contributed by atoms with Gasteiger partial charge in [-0.05, 0) is 36.6 Å². The first-order valence-corrected chi connectivity index (χ1v) is 7.47. The standard InChI is InChI=1S/C17H19BrO2/c1-12-5-4-6-14(9-12)15(18)10-13-7-8-16(19-2)17(11-13)20-3/h4-9,11,15H,10H2,1-3H3. The third-order valence-corrected chi connectivity index (χ3v) is 4.12. The molecule has 20 heavy (non-hydrogen) atoms. The van der Waals surface area contributed by atoms with Crippen LogP contribution in [0.15, 0.2) is 42.5 Å². The molecule has 0 fully saturated rings.